The van der Waals surface area contributed by atoms with Crippen molar-refractivity contribution in [1.82, 2.24) is 0 Å². The summed E-state index contributed by atoms with van der Waals surface area (Å²) in [5.41, 5.74) is 0. The van der Waals surface area contributed by atoms with E-state index in [0.29, 0.717) is 0 Å². The average molecular weight is 126 g/mol. The molecule has 0 spiro atoms. The summed E-state index contributed by atoms with van der Waals surface area (Å²) in [4.78, 5) is 8.36. The van der Waals surface area contributed by atoms with E-state index in [2.05, 4.69) is 0 Å². The van der Waals surface area contributed by atoms with Crippen LogP contribution < -0.4 is 0 Å². The SMILES string of the molecule is CC(C)(F)F.O=CO. The number of hydrogen-bond acceptors (Lipinski definition) is 1. The summed E-state index contributed by atoms with van der Waals surface area (Å²) in [7, 11) is 0. The molecule has 0 amide bonds. The molecule has 2 nitrogen and oxygen atoms in total. The van der Waals surface area contributed by atoms with Crippen LogP contribution in [0.2, 0.25) is 0 Å². The lowest BCUT2D eigenvalue weighted by molar-refractivity contribution is -0.122. The quantitative estimate of drug-likeness (QED) is 0.497. The topological polar surface area (TPSA) is 37.3 Å². The average Bonchev–Trinajstić information content (AvgIpc) is 1.27. The third kappa shape index (κ3) is 223. The van der Waals surface area contributed by atoms with Gasteiger partial charge in [0, 0.05) is 0 Å². The van der Waals surface area contributed by atoms with Gasteiger partial charge in [-0.25, -0.2) is 8.78 Å². The van der Waals surface area contributed by atoms with Gasteiger partial charge in [0.05, 0.1) is 0 Å². The van der Waals surface area contributed by atoms with Crippen molar-refractivity contribution in [2.75, 3.05) is 0 Å². The molecule has 0 bridgehead atoms. The molecule has 0 aliphatic carbocycles. The summed E-state index contributed by atoms with van der Waals surface area (Å²) in [5, 5.41) is 6.89. The zero-order valence-electron chi connectivity index (χ0n) is 4.69. The second-order valence-electron chi connectivity index (χ2n) is 1.43. The number of halogens is 2. The predicted molar refractivity (Wildman–Crippen MR) is 25.0 cm³/mol. The minimum atomic E-state index is -2.50. The van der Waals surface area contributed by atoms with E-state index in [1.54, 1.807) is 0 Å². The molecule has 4 heteroatoms. The molecule has 0 saturated carbocycles. The van der Waals surface area contributed by atoms with Gasteiger partial charge in [0.15, 0.2) is 0 Å². The molecule has 0 fully saturated rings. The van der Waals surface area contributed by atoms with E-state index in [4.69, 9.17) is 9.90 Å². The Morgan fingerprint density at radius 2 is 1.50 bits per heavy atom. The molecule has 0 aromatic rings. The van der Waals surface area contributed by atoms with Crippen LogP contribution >= 0.6 is 0 Å². The van der Waals surface area contributed by atoms with Gasteiger partial charge in [-0.1, -0.05) is 0 Å². The monoisotopic (exact) mass is 126 g/mol. The highest BCUT2D eigenvalue weighted by atomic mass is 19.3. The number of hydrogen-bond donors (Lipinski definition) is 1. The Bertz CT molecular complexity index is 51.5. The number of carboxylic acid groups (broad SMARTS) is 1. The molecule has 1 N–H and O–H groups in total. The van der Waals surface area contributed by atoms with Gasteiger partial charge in [-0.2, -0.15) is 0 Å². The molecular weight excluding hydrogens is 118 g/mol. The first-order valence-corrected chi connectivity index (χ1v) is 1.87. The third-order valence-corrected chi connectivity index (χ3v) is 0. The van der Waals surface area contributed by atoms with Gasteiger partial charge in [0.2, 0.25) is 5.92 Å². The molecule has 0 aromatic carbocycles. The smallest absolute Gasteiger partial charge is 0.290 e. The second-order valence-corrected chi connectivity index (χ2v) is 1.43. The summed E-state index contributed by atoms with van der Waals surface area (Å²) in [5.74, 6) is -2.50. The van der Waals surface area contributed by atoms with Crippen molar-refractivity contribution in [3.8, 4) is 0 Å². The van der Waals surface area contributed by atoms with Crippen molar-refractivity contribution in [2.45, 2.75) is 19.8 Å². The molecule has 0 atom stereocenters. The lowest BCUT2D eigenvalue weighted by Gasteiger charge is -1.94. The normalized spacial score (nSPS) is 9.00. The standard InChI is InChI=1S/C3H6F2.CH2O2/c1-3(2,4)5;2-1-3/h1-2H3;1H,(H,2,3). The van der Waals surface area contributed by atoms with E-state index in [1.807, 2.05) is 0 Å². The number of carbonyl (C=O) groups is 1. The summed E-state index contributed by atoms with van der Waals surface area (Å²) in [6.07, 6.45) is 0. The van der Waals surface area contributed by atoms with Gasteiger partial charge >= 0.3 is 0 Å². The van der Waals surface area contributed by atoms with Gasteiger partial charge in [0.1, 0.15) is 0 Å². The number of alkyl halides is 2. The number of rotatable bonds is 0. The maximum absolute atomic E-state index is 11.0. The van der Waals surface area contributed by atoms with Crippen LogP contribution in [0.15, 0.2) is 0 Å². The Morgan fingerprint density at radius 3 is 1.50 bits per heavy atom. The van der Waals surface area contributed by atoms with E-state index in [0.717, 1.165) is 13.8 Å². The molecule has 0 rings (SSSR count). The lowest BCUT2D eigenvalue weighted by Crippen LogP contribution is -1.98. The highest BCUT2D eigenvalue weighted by Crippen LogP contribution is 2.06. The highest BCUT2D eigenvalue weighted by molar-refractivity contribution is 5.32. The molecule has 0 aromatic heterocycles. The summed E-state index contributed by atoms with van der Waals surface area (Å²) in [6, 6.07) is 0. The Kier molecular flexibility index (Phi) is 5.80. The van der Waals surface area contributed by atoms with Crippen LogP contribution in [0.1, 0.15) is 13.8 Å². The summed E-state index contributed by atoms with van der Waals surface area (Å²) < 4.78 is 22.0. The van der Waals surface area contributed by atoms with Crippen LogP contribution in [0.3, 0.4) is 0 Å². The van der Waals surface area contributed by atoms with Crippen LogP contribution in [0, 0.1) is 0 Å². The zero-order chi connectivity index (χ0) is 7.21. The van der Waals surface area contributed by atoms with E-state index in [-0.39, 0.29) is 6.47 Å². The first kappa shape index (κ1) is 10.3. The van der Waals surface area contributed by atoms with Crippen molar-refractivity contribution in [2.24, 2.45) is 0 Å². The predicted octanol–water partition coefficient (Wildman–Crippen LogP) is 1.36. The molecule has 0 radical (unpaired) electrons. The molecule has 8 heavy (non-hydrogen) atoms. The largest absolute Gasteiger partial charge is 0.483 e. The maximum atomic E-state index is 11.0. The van der Waals surface area contributed by atoms with E-state index >= 15 is 0 Å². The Hall–Kier alpha value is -0.670. The molecule has 0 unspecified atom stereocenters. The zero-order valence-corrected chi connectivity index (χ0v) is 4.69. The maximum Gasteiger partial charge on any atom is 0.290 e. The van der Waals surface area contributed by atoms with Crippen molar-refractivity contribution in [3.05, 3.63) is 0 Å². The second kappa shape index (κ2) is 4.49. The third-order valence-electron chi connectivity index (χ3n) is 0. The van der Waals surface area contributed by atoms with Crippen LogP contribution in [0.4, 0.5) is 8.78 Å². The lowest BCUT2D eigenvalue weighted by atomic mass is 10.5. The molecule has 50 valence electrons. The van der Waals surface area contributed by atoms with Crippen LogP contribution in [-0.4, -0.2) is 17.5 Å². The van der Waals surface area contributed by atoms with Crippen molar-refractivity contribution in [1.29, 1.82) is 0 Å². The molecule has 0 aliphatic rings. The van der Waals surface area contributed by atoms with E-state index in [1.165, 1.54) is 0 Å². The van der Waals surface area contributed by atoms with E-state index < -0.39 is 5.92 Å². The fraction of sp³-hybridized carbons (Fsp3) is 0.750. The Balaban J connectivity index is 0. The minimum absolute atomic E-state index is 0.250. The summed E-state index contributed by atoms with van der Waals surface area (Å²) >= 11 is 0. The fourth-order valence-electron chi connectivity index (χ4n) is 0. The van der Waals surface area contributed by atoms with Gasteiger partial charge in [-0.05, 0) is 13.8 Å². The summed E-state index contributed by atoms with van der Waals surface area (Å²) in [6.45, 7) is 1.46. The van der Waals surface area contributed by atoms with Crippen LogP contribution in [0.5, 0.6) is 0 Å². The van der Waals surface area contributed by atoms with Crippen molar-refractivity contribution < 1.29 is 18.7 Å². The molecule has 0 heterocycles. The molecular formula is C4H8F2O2. The van der Waals surface area contributed by atoms with Crippen LogP contribution in [0.25, 0.3) is 0 Å². The minimum Gasteiger partial charge on any atom is -0.483 e. The fourth-order valence-corrected chi connectivity index (χ4v) is 0. The first-order chi connectivity index (χ1) is 3.41. The first-order valence-electron chi connectivity index (χ1n) is 1.87. The van der Waals surface area contributed by atoms with Crippen molar-refractivity contribution in [3.63, 3.8) is 0 Å². The van der Waals surface area contributed by atoms with E-state index in [9.17, 15) is 8.78 Å². The van der Waals surface area contributed by atoms with Gasteiger partial charge in [0.25, 0.3) is 6.47 Å². The molecule has 0 saturated heterocycles. The Labute approximate surface area is 46.1 Å². The molecule has 0 aliphatic heterocycles. The van der Waals surface area contributed by atoms with Crippen molar-refractivity contribution >= 4 is 6.47 Å². The van der Waals surface area contributed by atoms with Crippen LogP contribution in [-0.2, 0) is 4.79 Å². The Morgan fingerprint density at radius 1 is 1.50 bits per heavy atom. The van der Waals surface area contributed by atoms with Gasteiger partial charge in [-0.3, -0.25) is 4.79 Å². The van der Waals surface area contributed by atoms with Gasteiger partial charge in [-0.15, -0.1) is 0 Å². The highest BCUT2D eigenvalue weighted by Gasteiger charge is 2.08. The van der Waals surface area contributed by atoms with Gasteiger partial charge < -0.3 is 5.11 Å².